The molecule has 2 fully saturated rings. The molecule has 1 aromatic carbocycles. The molecule has 11 heteroatoms. The maximum atomic E-state index is 12.5. The van der Waals surface area contributed by atoms with Gasteiger partial charge in [-0.1, -0.05) is 32.9 Å². The molecule has 0 spiro atoms. The van der Waals surface area contributed by atoms with Crippen LogP contribution in [0, 0.1) is 5.41 Å². The van der Waals surface area contributed by atoms with Gasteiger partial charge in [-0.05, 0) is 54.7 Å². The second kappa shape index (κ2) is 9.32. The lowest BCUT2D eigenvalue weighted by molar-refractivity contribution is -0.0500. The monoisotopic (exact) mass is 492 g/mol. The van der Waals surface area contributed by atoms with Crippen molar-refractivity contribution in [1.82, 2.24) is 9.80 Å². The summed E-state index contributed by atoms with van der Waals surface area (Å²) < 4.78 is 63.9. The SMILES string of the molecule is CC(C)(C)C1CN(C2CCC(c3ccc(OS(=O)(=O)C(F)(F)F)cc3)CC2)CCN1C(=O)O. The minimum atomic E-state index is -5.68. The van der Waals surface area contributed by atoms with Gasteiger partial charge in [-0.15, -0.1) is 0 Å². The Morgan fingerprint density at radius 1 is 1.03 bits per heavy atom. The maximum absolute atomic E-state index is 12.5. The van der Waals surface area contributed by atoms with Crippen LogP contribution in [0.1, 0.15) is 57.9 Å². The first kappa shape index (κ1) is 25.6. The number of piperazine rings is 1. The van der Waals surface area contributed by atoms with E-state index in [9.17, 15) is 31.5 Å². The average Bonchev–Trinajstić information content (AvgIpc) is 2.72. The smallest absolute Gasteiger partial charge is 0.465 e. The number of nitrogens with zero attached hydrogens (tertiary/aromatic N) is 2. The number of alkyl halides is 3. The van der Waals surface area contributed by atoms with E-state index < -0.39 is 21.7 Å². The molecule has 33 heavy (non-hydrogen) atoms. The van der Waals surface area contributed by atoms with Crippen molar-refractivity contribution < 1.29 is 35.7 Å². The van der Waals surface area contributed by atoms with Gasteiger partial charge in [0.1, 0.15) is 5.75 Å². The molecule has 2 aliphatic rings. The molecule has 1 atom stereocenters. The number of amides is 1. The fraction of sp³-hybridized carbons (Fsp3) is 0.682. The van der Waals surface area contributed by atoms with Gasteiger partial charge in [0, 0.05) is 25.7 Å². The summed E-state index contributed by atoms with van der Waals surface area (Å²) >= 11 is 0. The molecule has 0 radical (unpaired) electrons. The fourth-order valence-electron chi connectivity index (χ4n) is 4.85. The quantitative estimate of drug-likeness (QED) is 0.486. The van der Waals surface area contributed by atoms with Crippen LogP contribution in [-0.4, -0.2) is 66.6 Å². The van der Waals surface area contributed by atoms with Crippen LogP contribution in [-0.2, 0) is 10.1 Å². The third kappa shape index (κ3) is 5.92. The Morgan fingerprint density at radius 3 is 2.09 bits per heavy atom. The molecule has 1 amide bonds. The zero-order valence-electron chi connectivity index (χ0n) is 19.0. The largest absolute Gasteiger partial charge is 0.534 e. The number of halogens is 3. The number of rotatable bonds is 4. The molecule has 1 N–H and O–H groups in total. The summed E-state index contributed by atoms with van der Waals surface area (Å²) in [5.74, 6) is -0.137. The fourth-order valence-corrected chi connectivity index (χ4v) is 5.31. The minimum absolute atomic E-state index is 0.0815. The van der Waals surface area contributed by atoms with Crippen molar-refractivity contribution in [2.45, 2.75) is 70.0 Å². The van der Waals surface area contributed by atoms with Gasteiger partial charge in [0.05, 0.1) is 6.04 Å². The average molecular weight is 493 g/mol. The first-order chi connectivity index (χ1) is 15.2. The Balaban J connectivity index is 1.58. The van der Waals surface area contributed by atoms with E-state index in [1.807, 2.05) is 0 Å². The van der Waals surface area contributed by atoms with Gasteiger partial charge in [0.25, 0.3) is 0 Å². The van der Waals surface area contributed by atoms with Gasteiger partial charge in [-0.25, -0.2) is 4.79 Å². The normalized spacial score (nSPS) is 25.6. The summed E-state index contributed by atoms with van der Waals surface area (Å²) in [4.78, 5) is 15.6. The van der Waals surface area contributed by atoms with Crippen LogP contribution in [0.2, 0.25) is 0 Å². The Kier molecular flexibility index (Phi) is 7.24. The molecule has 3 rings (SSSR count). The summed E-state index contributed by atoms with van der Waals surface area (Å²) in [6.45, 7) is 8.06. The van der Waals surface area contributed by atoms with E-state index in [1.165, 1.54) is 12.1 Å². The van der Waals surface area contributed by atoms with Gasteiger partial charge in [-0.3, -0.25) is 4.90 Å². The van der Waals surface area contributed by atoms with E-state index in [-0.39, 0.29) is 23.1 Å². The van der Waals surface area contributed by atoms with E-state index in [4.69, 9.17) is 0 Å². The van der Waals surface area contributed by atoms with Crippen LogP contribution in [0.15, 0.2) is 24.3 Å². The van der Waals surface area contributed by atoms with E-state index in [0.29, 0.717) is 25.7 Å². The lowest BCUT2D eigenvalue weighted by Crippen LogP contribution is -2.61. The van der Waals surface area contributed by atoms with Crippen molar-refractivity contribution in [3.8, 4) is 5.75 Å². The molecule has 1 aliphatic heterocycles. The number of benzene rings is 1. The van der Waals surface area contributed by atoms with Crippen LogP contribution >= 0.6 is 0 Å². The van der Waals surface area contributed by atoms with Crippen LogP contribution in [0.4, 0.5) is 18.0 Å². The summed E-state index contributed by atoms with van der Waals surface area (Å²) in [6.07, 6.45) is 2.79. The molecule has 186 valence electrons. The molecular weight excluding hydrogens is 461 g/mol. The molecule has 1 heterocycles. The van der Waals surface area contributed by atoms with E-state index in [2.05, 4.69) is 29.9 Å². The molecule has 1 aromatic rings. The highest BCUT2D eigenvalue weighted by molar-refractivity contribution is 7.88. The third-order valence-electron chi connectivity index (χ3n) is 6.71. The highest BCUT2D eigenvalue weighted by Crippen LogP contribution is 2.37. The number of carbonyl (C=O) groups is 1. The summed E-state index contributed by atoms with van der Waals surface area (Å²) in [5, 5.41) is 9.56. The molecular formula is C22H31F3N2O5S. The highest BCUT2D eigenvalue weighted by Gasteiger charge is 2.48. The standard InChI is InChI=1S/C22H31F3N2O5S/c1-21(2,3)19-14-26(12-13-27(19)20(28)29)17-8-4-15(5-9-17)16-6-10-18(11-7-16)32-33(30,31)22(23,24)25/h6-7,10-11,15,17,19H,4-5,8-9,12-14H2,1-3H3,(H,28,29). The van der Waals surface area contributed by atoms with Crippen LogP contribution in [0.25, 0.3) is 0 Å². The first-order valence-electron chi connectivity index (χ1n) is 11.0. The molecule has 0 aromatic heterocycles. The predicted molar refractivity (Wildman–Crippen MR) is 117 cm³/mol. The summed E-state index contributed by atoms with van der Waals surface area (Å²) in [6, 6.07) is 6.03. The Labute approximate surface area is 192 Å². The van der Waals surface area contributed by atoms with Crippen molar-refractivity contribution in [3.05, 3.63) is 29.8 Å². The van der Waals surface area contributed by atoms with Crippen LogP contribution in [0.3, 0.4) is 0 Å². The second-order valence-electron chi connectivity index (χ2n) is 9.91. The van der Waals surface area contributed by atoms with Gasteiger partial charge in [0.2, 0.25) is 0 Å². The zero-order valence-corrected chi connectivity index (χ0v) is 19.8. The first-order valence-corrected chi connectivity index (χ1v) is 12.4. The topological polar surface area (TPSA) is 87.2 Å². The Hall–Kier alpha value is -2.01. The van der Waals surface area contributed by atoms with Gasteiger partial charge >= 0.3 is 21.7 Å². The Morgan fingerprint density at radius 2 is 1.61 bits per heavy atom. The second-order valence-corrected chi connectivity index (χ2v) is 11.4. The van der Waals surface area contributed by atoms with Crippen LogP contribution < -0.4 is 4.18 Å². The van der Waals surface area contributed by atoms with E-state index in [1.54, 1.807) is 17.0 Å². The van der Waals surface area contributed by atoms with E-state index in [0.717, 1.165) is 31.2 Å². The molecule has 0 bridgehead atoms. The zero-order chi connectivity index (χ0) is 24.6. The maximum Gasteiger partial charge on any atom is 0.534 e. The lowest BCUT2D eigenvalue weighted by Gasteiger charge is -2.49. The molecule has 1 saturated heterocycles. The van der Waals surface area contributed by atoms with E-state index >= 15 is 0 Å². The summed E-state index contributed by atoms with van der Waals surface area (Å²) in [5.41, 5.74) is -4.70. The highest BCUT2D eigenvalue weighted by atomic mass is 32.2. The molecule has 7 nitrogen and oxygen atoms in total. The predicted octanol–water partition coefficient (Wildman–Crippen LogP) is 4.65. The van der Waals surface area contributed by atoms with Crippen molar-refractivity contribution in [1.29, 1.82) is 0 Å². The number of carboxylic acid groups (broad SMARTS) is 1. The van der Waals surface area contributed by atoms with Crippen molar-refractivity contribution >= 4 is 16.2 Å². The molecule has 1 unspecified atom stereocenters. The number of hydrogen-bond donors (Lipinski definition) is 1. The van der Waals surface area contributed by atoms with Gasteiger partial charge in [0.15, 0.2) is 0 Å². The third-order valence-corrected chi connectivity index (χ3v) is 7.69. The van der Waals surface area contributed by atoms with Crippen molar-refractivity contribution in [2.24, 2.45) is 5.41 Å². The summed E-state index contributed by atoms with van der Waals surface area (Å²) in [7, 11) is -5.68. The van der Waals surface area contributed by atoms with Crippen LogP contribution in [0.5, 0.6) is 5.75 Å². The van der Waals surface area contributed by atoms with Gasteiger partial charge < -0.3 is 14.2 Å². The molecule has 1 aliphatic carbocycles. The lowest BCUT2D eigenvalue weighted by atomic mass is 9.79. The van der Waals surface area contributed by atoms with Gasteiger partial charge in [-0.2, -0.15) is 21.6 Å². The minimum Gasteiger partial charge on any atom is -0.465 e. The van der Waals surface area contributed by atoms with Crippen molar-refractivity contribution in [3.63, 3.8) is 0 Å². The Bertz CT molecular complexity index is 936. The number of hydrogen-bond acceptors (Lipinski definition) is 5. The molecule has 1 saturated carbocycles. The van der Waals surface area contributed by atoms with Crippen molar-refractivity contribution in [2.75, 3.05) is 19.6 Å².